The van der Waals surface area contributed by atoms with Crippen LogP contribution in [0, 0.1) is 0 Å². The van der Waals surface area contributed by atoms with Gasteiger partial charge in [0.25, 0.3) is 0 Å². The van der Waals surface area contributed by atoms with E-state index in [2.05, 4.69) is 21.9 Å². The maximum atomic E-state index is 9.10. The van der Waals surface area contributed by atoms with Gasteiger partial charge in [0.05, 0.1) is 35.0 Å². The normalized spacial score (nSPS) is 13.6. The lowest BCUT2D eigenvalue weighted by Gasteiger charge is -2.35. The summed E-state index contributed by atoms with van der Waals surface area (Å²) < 4.78 is 27.5. The van der Waals surface area contributed by atoms with E-state index in [-0.39, 0.29) is 0 Å². The van der Waals surface area contributed by atoms with Crippen molar-refractivity contribution in [3.05, 3.63) is 41.5 Å². The van der Waals surface area contributed by atoms with Crippen LogP contribution in [0.5, 0.6) is 28.7 Å². The summed E-state index contributed by atoms with van der Waals surface area (Å²) in [4.78, 5) is 23.1. The number of carboxylic acids is 2. The predicted molar refractivity (Wildman–Crippen MR) is 136 cm³/mol. The molecule has 0 amide bonds. The monoisotopic (exact) mass is 520 g/mol. The van der Waals surface area contributed by atoms with Gasteiger partial charge in [0.15, 0.2) is 23.0 Å². The van der Waals surface area contributed by atoms with Gasteiger partial charge in [0, 0.05) is 39.3 Å². The summed E-state index contributed by atoms with van der Waals surface area (Å²) in [6, 6.07) is 10.2. The molecule has 3 rings (SSSR count). The van der Waals surface area contributed by atoms with Crippen LogP contribution in [0.2, 0.25) is 0 Å². The van der Waals surface area contributed by atoms with Gasteiger partial charge in [-0.15, -0.1) is 0 Å². The van der Waals surface area contributed by atoms with Crippen molar-refractivity contribution in [3.63, 3.8) is 0 Å². The van der Waals surface area contributed by atoms with E-state index >= 15 is 0 Å². The smallest absolute Gasteiger partial charge is 0.414 e. The lowest BCUT2D eigenvalue weighted by atomic mass is 10.1. The quantitative estimate of drug-likeness (QED) is 0.449. The van der Waals surface area contributed by atoms with Crippen LogP contribution in [0.1, 0.15) is 18.1 Å². The van der Waals surface area contributed by atoms with Gasteiger partial charge in [-0.3, -0.25) is 9.80 Å². The number of ether oxygens (including phenoxy) is 5. The van der Waals surface area contributed by atoms with Crippen LogP contribution in [-0.4, -0.2) is 93.2 Å². The first-order chi connectivity index (χ1) is 17.8. The molecule has 2 aromatic carbocycles. The first-order valence-electron chi connectivity index (χ1n) is 11.8. The van der Waals surface area contributed by atoms with Gasteiger partial charge >= 0.3 is 11.9 Å². The Balaban J connectivity index is 0.000000717. The average Bonchev–Trinajstić information content (AvgIpc) is 2.90. The molecule has 1 aliphatic heterocycles. The zero-order valence-corrected chi connectivity index (χ0v) is 22.0. The average molecular weight is 521 g/mol. The van der Waals surface area contributed by atoms with Crippen LogP contribution in [0.4, 0.5) is 0 Å². The topological polar surface area (TPSA) is 127 Å². The molecule has 0 unspecified atom stereocenters. The van der Waals surface area contributed by atoms with Gasteiger partial charge in [0.2, 0.25) is 5.75 Å². The minimum absolute atomic E-state index is 0.624. The molecule has 0 saturated carbocycles. The summed E-state index contributed by atoms with van der Waals surface area (Å²) in [6.07, 6.45) is 0. The molecule has 0 spiro atoms. The number of hydrogen-bond acceptors (Lipinski definition) is 9. The van der Waals surface area contributed by atoms with Gasteiger partial charge in [-0.05, 0) is 42.3 Å². The third-order valence-electron chi connectivity index (χ3n) is 5.71. The van der Waals surface area contributed by atoms with Gasteiger partial charge in [-0.25, -0.2) is 9.59 Å². The molecule has 11 nitrogen and oxygen atoms in total. The van der Waals surface area contributed by atoms with E-state index in [1.165, 1.54) is 5.56 Å². The highest BCUT2D eigenvalue weighted by atomic mass is 16.5. The minimum Gasteiger partial charge on any atom is -0.493 e. The second-order valence-corrected chi connectivity index (χ2v) is 8.11. The maximum Gasteiger partial charge on any atom is 0.414 e. The van der Waals surface area contributed by atoms with Crippen molar-refractivity contribution in [3.8, 4) is 28.7 Å². The Kier molecular flexibility index (Phi) is 11.8. The number of rotatable bonds is 10. The third-order valence-corrected chi connectivity index (χ3v) is 5.71. The molecule has 1 saturated heterocycles. The number of carbonyl (C=O) groups is 2. The Morgan fingerprint density at radius 2 is 1.16 bits per heavy atom. The molecule has 2 aromatic rings. The molecule has 0 radical (unpaired) electrons. The SMILES string of the molecule is CCOc1cc(CN2CCN(Cc3cc(OC)c(OC)c(OC)c3)CC2)ccc1OC.O=C(O)C(=O)O. The summed E-state index contributed by atoms with van der Waals surface area (Å²) in [6.45, 7) is 8.40. The minimum atomic E-state index is -1.82. The van der Waals surface area contributed by atoms with Crippen LogP contribution in [0.3, 0.4) is 0 Å². The molecule has 1 fully saturated rings. The molecule has 204 valence electrons. The highest BCUT2D eigenvalue weighted by Gasteiger charge is 2.20. The molecular weight excluding hydrogens is 484 g/mol. The van der Waals surface area contributed by atoms with Crippen molar-refractivity contribution >= 4 is 11.9 Å². The molecule has 0 aromatic heterocycles. The molecule has 0 aliphatic carbocycles. The van der Waals surface area contributed by atoms with Crippen LogP contribution in [0.25, 0.3) is 0 Å². The second-order valence-electron chi connectivity index (χ2n) is 8.11. The Bertz CT molecular complexity index is 1000. The van der Waals surface area contributed by atoms with Crippen LogP contribution in [-0.2, 0) is 22.7 Å². The van der Waals surface area contributed by atoms with Crippen molar-refractivity contribution in [2.75, 3.05) is 61.2 Å². The molecule has 1 aliphatic rings. The Labute approximate surface area is 217 Å². The van der Waals surface area contributed by atoms with Crippen LogP contribution in [0.15, 0.2) is 30.3 Å². The van der Waals surface area contributed by atoms with Crippen molar-refractivity contribution in [2.24, 2.45) is 0 Å². The summed E-state index contributed by atoms with van der Waals surface area (Å²) in [5, 5.41) is 14.8. The number of aliphatic carboxylic acids is 2. The number of methoxy groups -OCH3 is 4. The van der Waals surface area contributed by atoms with E-state index < -0.39 is 11.9 Å². The number of hydrogen-bond donors (Lipinski definition) is 2. The van der Waals surface area contributed by atoms with E-state index in [0.717, 1.165) is 56.3 Å². The van der Waals surface area contributed by atoms with Crippen molar-refractivity contribution < 1.29 is 43.5 Å². The fraction of sp³-hybridized carbons (Fsp3) is 0.462. The largest absolute Gasteiger partial charge is 0.493 e. The Hall–Kier alpha value is -3.70. The van der Waals surface area contributed by atoms with Crippen molar-refractivity contribution in [1.82, 2.24) is 9.80 Å². The molecule has 0 bridgehead atoms. The van der Waals surface area contributed by atoms with Crippen LogP contribution < -0.4 is 23.7 Å². The van der Waals surface area contributed by atoms with Crippen molar-refractivity contribution in [2.45, 2.75) is 20.0 Å². The highest BCUT2D eigenvalue weighted by molar-refractivity contribution is 6.27. The molecule has 37 heavy (non-hydrogen) atoms. The molecular formula is C26H36N2O9. The summed E-state index contributed by atoms with van der Waals surface area (Å²) in [5.41, 5.74) is 2.39. The fourth-order valence-electron chi connectivity index (χ4n) is 3.94. The van der Waals surface area contributed by atoms with E-state index in [1.807, 2.05) is 25.1 Å². The Morgan fingerprint density at radius 3 is 1.57 bits per heavy atom. The molecule has 2 N–H and O–H groups in total. The van der Waals surface area contributed by atoms with Gasteiger partial charge in [-0.1, -0.05) is 6.07 Å². The number of carboxylic acid groups (broad SMARTS) is 2. The molecule has 1 heterocycles. The van der Waals surface area contributed by atoms with E-state index in [0.29, 0.717) is 23.9 Å². The molecule has 11 heteroatoms. The lowest BCUT2D eigenvalue weighted by molar-refractivity contribution is -0.159. The van der Waals surface area contributed by atoms with Gasteiger partial charge in [-0.2, -0.15) is 0 Å². The fourth-order valence-corrected chi connectivity index (χ4v) is 3.94. The first kappa shape index (κ1) is 29.5. The predicted octanol–water partition coefficient (Wildman–Crippen LogP) is 2.59. The Morgan fingerprint density at radius 1 is 0.703 bits per heavy atom. The highest BCUT2D eigenvalue weighted by Crippen LogP contribution is 2.38. The van der Waals surface area contributed by atoms with E-state index in [1.54, 1.807) is 28.4 Å². The summed E-state index contributed by atoms with van der Waals surface area (Å²) in [7, 11) is 6.59. The van der Waals surface area contributed by atoms with Gasteiger partial charge < -0.3 is 33.9 Å². The van der Waals surface area contributed by atoms with E-state index in [4.69, 9.17) is 43.5 Å². The summed E-state index contributed by atoms with van der Waals surface area (Å²) in [5.74, 6) is -0.0426. The number of nitrogens with zero attached hydrogens (tertiary/aromatic N) is 2. The molecule has 0 atom stereocenters. The lowest BCUT2D eigenvalue weighted by Crippen LogP contribution is -2.45. The van der Waals surface area contributed by atoms with Crippen molar-refractivity contribution in [1.29, 1.82) is 0 Å². The zero-order chi connectivity index (χ0) is 27.4. The summed E-state index contributed by atoms with van der Waals surface area (Å²) >= 11 is 0. The van der Waals surface area contributed by atoms with Gasteiger partial charge in [0.1, 0.15) is 0 Å². The standard InChI is InChI=1S/C24H34N2O5.C2H2O4/c1-6-31-21-13-18(7-8-20(21)27-2)16-25-9-11-26(12-10-25)17-19-14-22(28-3)24(30-5)23(15-19)29-4;3-1(4)2(5)6/h7-8,13-15H,6,9-12,16-17H2,1-5H3;(H,3,4)(H,5,6). The first-order valence-corrected chi connectivity index (χ1v) is 11.8. The second kappa shape index (κ2) is 14.8. The number of benzene rings is 2. The zero-order valence-electron chi connectivity index (χ0n) is 22.0. The number of piperazine rings is 1. The van der Waals surface area contributed by atoms with Crippen LogP contribution >= 0.6 is 0 Å². The maximum absolute atomic E-state index is 9.10. The van der Waals surface area contributed by atoms with E-state index in [9.17, 15) is 0 Å². The third kappa shape index (κ3) is 8.72.